The summed E-state index contributed by atoms with van der Waals surface area (Å²) < 4.78 is 0. The minimum absolute atomic E-state index is 0.0438. The van der Waals surface area contributed by atoms with Crippen LogP contribution in [0, 0.1) is 5.92 Å². The van der Waals surface area contributed by atoms with Crippen LogP contribution in [0.1, 0.15) is 35.0 Å². The molecule has 0 saturated heterocycles. The SMILES string of the molecule is CCCC(CNC(=O)C(Cc1ccccc1)NC(=O)c1cccs1)C(=O)O. The molecule has 0 saturated carbocycles. The summed E-state index contributed by atoms with van der Waals surface area (Å²) in [7, 11) is 0. The fraction of sp³-hybridized carbons (Fsp3) is 0.350. The van der Waals surface area contributed by atoms with E-state index in [2.05, 4.69) is 10.6 Å². The van der Waals surface area contributed by atoms with Crippen LogP contribution in [0.25, 0.3) is 0 Å². The number of thiophene rings is 1. The van der Waals surface area contributed by atoms with Crippen LogP contribution in [0.3, 0.4) is 0 Å². The predicted octanol–water partition coefficient (Wildman–Crippen LogP) is 2.71. The lowest BCUT2D eigenvalue weighted by atomic mass is 10.0. The van der Waals surface area contributed by atoms with Crippen LogP contribution >= 0.6 is 11.3 Å². The first kappa shape index (κ1) is 20.6. The number of hydrogen-bond donors (Lipinski definition) is 3. The van der Waals surface area contributed by atoms with Gasteiger partial charge in [-0.3, -0.25) is 14.4 Å². The third-order valence-corrected chi connectivity index (χ3v) is 5.03. The second kappa shape index (κ2) is 10.5. The summed E-state index contributed by atoms with van der Waals surface area (Å²) in [5, 5.41) is 16.5. The Balaban J connectivity index is 2.06. The van der Waals surface area contributed by atoms with E-state index in [1.54, 1.807) is 17.5 Å². The van der Waals surface area contributed by atoms with Crippen molar-refractivity contribution < 1.29 is 19.5 Å². The molecule has 2 rings (SSSR count). The molecule has 0 bridgehead atoms. The molecule has 0 aliphatic rings. The number of nitrogens with one attached hydrogen (secondary N) is 2. The maximum Gasteiger partial charge on any atom is 0.308 e. The normalized spacial score (nSPS) is 12.8. The molecule has 2 unspecified atom stereocenters. The Labute approximate surface area is 162 Å². The summed E-state index contributed by atoms with van der Waals surface area (Å²) >= 11 is 1.30. The number of amides is 2. The van der Waals surface area contributed by atoms with Gasteiger partial charge in [-0.05, 0) is 23.4 Å². The van der Waals surface area contributed by atoms with Gasteiger partial charge in [-0.2, -0.15) is 0 Å². The van der Waals surface area contributed by atoms with Crippen molar-refractivity contribution in [1.29, 1.82) is 0 Å². The van der Waals surface area contributed by atoms with Crippen molar-refractivity contribution in [3.8, 4) is 0 Å². The van der Waals surface area contributed by atoms with Crippen LogP contribution in [-0.2, 0) is 16.0 Å². The summed E-state index contributed by atoms with van der Waals surface area (Å²) in [5.74, 6) is -2.26. The zero-order chi connectivity index (χ0) is 19.6. The van der Waals surface area contributed by atoms with Gasteiger partial charge in [0.15, 0.2) is 0 Å². The number of carboxylic acids is 1. The van der Waals surface area contributed by atoms with E-state index in [1.165, 1.54) is 11.3 Å². The third-order valence-electron chi connectivity index (χ3n) is 4.16. The van der Waals surface area contributed by atoms with E-state index in [0.29, 0.717) is 17.7 Å². The lowest BCUT2D eigenvalue weighted by Gasteiger charge is -2.20. The highest BCUT2D eigenvalue weighted by molar-refractivity contribution is 7.12. The summed E-state index contributed by atoms with van der Waals surface area (Å²) in [6.07, 6.45) is 1.53. The number of carbonyl (C=O) groups is 3. The van der Waals surface area contributed by atoms with Crippen LogP contribution < -0.4 is 10.6 Å². The summed E-state index contributed by atoms with van der Waals surface area (Å²) in [5.41, 5.74) is 0.910. The molecule has 1 aromatic heterocycles. The first-order valence-electron chi connectivity index (χ1n) is 8.90. The summed E-state index contributed by atoms with van der Waals surface area (Å²) in [6, 6.07) is 12.1. The highest BCUT2D eigenvalue weighted by Crippen LogP contribution is 2.11. The van der Waals surface area contributed by atoms with E-state index in [-0.39, 0.29) is 18.4 Å². The highest BCUT2D eigenvalue weighted by Gasteiger charge is 2.24. The van der Waals surface area contributed by atoms with Crippen LogP contribution in [0.15, 0.2) is 47.8 Å². The molecule has 2 aromatic rings. The number of hydrogen-bond acceptors (Lipinski definition) is 4. The topological polar surface area (TPSA) is 95.5 Å². The Morgan fingerprint density at radius 2 is 1.85 bits per heavy atom. The Morgan fingerprint density at radius 3 is 2.44 bits per heavy atom. The van der Waals surface area contributed by atoms with Crippen LogP contribution in [0.2, 0.25) is 0 Å². The minimum Gasteiger partial charge on any atom is -0.481 e. The van der Waals surface area contributed by atoms with Gasteiger partial charge < -0.3 is 15.7 Å². The Bertz CT molecular complexity index is 747. The lowest BCUT2D eigenvalue weighted by molar-refractivity contribution is -0.142. The van der Waals surface area contributed by atoms with E-state index in [4.69, 9.17) is 0 Å². The first-order valence-corrected chi connectivity index (χ1v) is 9.78. The molecule has 0 aliphatic carbocycles. The molecule has 7 heteroatoms. The molecule has 1 heterocycles. The van der Waals surface area contributed by atoms with Gasteiger partial charge in [0.2, 0.25) is 5.91 Å². The number of aliphatic carboxylic acids is 1. The van der Waals surface area contributed by atoms with E-state index in [0.717, 1.165) is 12.0 Å². The number of benzene rings is 1. The molecule has 144 valence electrons. The van der Waals surface area contributed by atoms with Crippen molar-refractivity contribution in [3.63, 3.8) is 0 Å². The first-order chi connectivity index (χ1) is 13.0. The molecule has 2 atom stereocenters. The molecular formula is C20H24N2O4S. The largest absolute Gasteiger partial charge is 0.481 e. The van der Waals surface area contributed by atoms with Crippen LogP contribution in [0.4, 0.5) is 0 Å². The molecule has 0 fully saturated rings. The fourth-order valence-electron chi connectivity index (χ4n) is 2.70. The van der Waals surface area contributed by atoms with Crippen LogP contribution in [-0.4, -0.2) is 35.5 Å². The van der Waals surface area contributed by atoms with Gasteiger partial charge in [0.1, 0.15) is 6.04 Å². The average molecular weight is 388 g/mol. The Morgan fingerprint density at radius 1 is 1.11 bits per heavy atom. The zero-order valence-corrected chi connectivity index (χ0v) is 16.0. The second-order valence-corrected chi connectivity index (χ2v) is 7.21. The van der Waals surface area contributed by atoms with E-state index in [9.17, 15) is 19.5 Å². The van der Waals surface area contributed by atoms with Gasteiger partial charge in [-0.15, -0.1) is 11.3 Å². The fourth-order valence-corrected chi connectivity index (χ4v) is 3.33. The van der Waals surface area contributed by atoms with Gasteiger partial charge in [-0.25, -0.2) is 0 Å². The molecule has 0 aliphatic heterocycles. The summed E-state index contributed by atoms with van der Waals surface area (Å²) in [6.45, 7) is 1.94. The van der Waals surface area contributed by atoms with Crippen molar-refractivity contribution >= 4 is 29.1 Å². The molecule has 2 amide bonds. The monoisotopic (exact) mass is 388 g/mol. The zero-order valence-electron chi connectivity index (χ0n) is 15.2. The van der Waals surface area contributed by atoms with Gasteiger partial charge in [0.25, 0.3) is 5.91 Å². The molecule has 0 radical (unpaired) electrons. The lowest BCUT2D eigenvalue weighted by Crippen LogP contribution is -2.49. The van der Waals surface area contributed by atoms with Crippen molar-refractivity contribution in [2.24, 2.45) is 5.92 Å². The van der Waals surface area contributed by atoms with Crippen molar-refractivity contribution in [1.82, 2.24) is 10.6 Å². The Kier molecular flexibility index (Phi) is 8.00. The molecule has 1 aromatic carbocycles. The number of carboxylic acid groups (broad SMARTS) is 1. The Hall–Kier alpha value is -2.67. The molecule has 3 N–H and O–H groups in total. The van der Waals surface area contributed by atoms with Crippen LogP contribution in [0.5, 0.6) is 0 Å². The van der Waals surface area contributed by atoms with Gasteiger partial charge >= 0.3 is 5.97 Å². The van der Waals surface area contributed by atoms with Gasteiger partial charge in [0.05, 0.1) is 10.8 Å². The second-order valence-electron chi connectivity index (χ2n) is 6.26. The van der Waals surface area contributed by atoms with E-state index >= 15 is 0 Å². The van der Waals surface area contributed by atoms with Crippen molar-refractivity contribution in [2.45, 2.75) is 32.2 Å². The average Bonchev–Trinajstić information content (AvgIpc) is 3.20. The molecular weight excluding hydrogens is 364 g/mol. The van der Waals surface area contributed by atoms with Gasteiger partial charge in [-0.1, -0.05) is 49.7 Å². The number of carbonyl (C=O) groups excluding carboxylic acids is 2. The standard InChI is InChI=1S/C20H24N2O4S/c1-2-7-15(20(25)26)13-21-18(23)16(12-14-8-4-3-5-9-14)22-19(24)17-10-6-11-27-17/h3-6,8-11,15-16H,2,7,12-13H2,1H3,(H,21,23)(H,22,24)(H,25,26). The predicted molar refractivity (Wildman–Crippen MR) is 105 cm³/mol. The molecule has 27 heavy (non-hydrogen) atoms. The molecule has 0 spiro atoms. The molecule has 6 nitrogen and oxygen atoms in total. The number of rotatable bonds is 10. The van der Waals surface area contributed by atoms with Gasteiger partial charge in [0, 0.05) is 13.0 Å². The van der Waals surface area contributed by atoms with E-state index in [1.807, 2.05) is 37.3 Å². The van der Waals surface area contributed by atoms with Crippen molar-refractivity contribution in [2.75, 3.05) is 6.54 Å². The van der Waals surface area contributed by atoms with Crippen molar-refractivity contribution in [3.05, 3.63) is 58.3 Å². The quantitative estimate of drug-likeness (QED) is 0.583. The third kappa shape index (κ3) is 6.53. The smallest absolute Gasteiger partial charge is 0.308 e. The minimum atomic E-state index is -0.931. The summed E-state index contributed by atoms with van der Waals surface area (Å²) in [4.78, 5) is 36.9. The highest BCUT2D eigenvalue weighted by atomic mass is 32.1. The van der Waals surface area contributed by atoms with E-state index < -0.39 is 17.9 Å². The maximum atomic E-state index is 12.7. The maximum absolute atomic E-state index is 12.7.